The van der Waals surface area contributed by atoms with E-state index < -0.39 is 23.8 Å². The van der Waals surface area contributed by atoms with Crippen LogP contribution in [0.5, 0.6) is 0 Å². The first-order valence-corrected chi connectivity index (χ1v) is 6.68. The van der Waals surface area contributed by atoms with E-state index in [9.17, 15) is 19.2 Å². The van der Waals surface area contributed by atoms with E-state index in [1.807, 2.05) is 0 Å². The van der Waals surface area contributed by atoms with Crippen molar-refractivity contribution in [2.45, 2.75) is 0 Å². The van der Waals surface area contributed by atoms with E-state index in [1.165, 1.54) is 14.2 Å². The number of hydrogen-bond donors (Lipinski definition) is 2. The number of rotatable bonds is 6. The van der Waals surface area contributed by atoms with Gasteiger partial charge in [-0.2, -0.15) is 0 Å². The van der Waals surface area contributed by atoms with Gasteiger partial charge < -0.3 is 20.1 Å². The largest absolute Gasteiger partial charge is 0.466 e. The highest BCUT2D eigenvalue weighted by Crippen LogP contribution is 2.13. The van der Waals surface area contributed by atoms with Gasteiger partial charge in [-0.15, -0.1) is 0 Å². The number of nitrogens with one attached hydrogen (secondary N) is 2. The maximum absolute atomic E-state index is 11.5. The minimum atomic E-state index is -0.636. The summed E-state index contributed by atoms with van der Waals surface area (Å²) in [5.74, 6) is -2.28. The van der Waals surface area contributed by atoms with E-state index in [0.29, 0.717) is 11.4 Å². The van der Waals surface area contributed by atoms with E-state index in [4.69, 9.17) is 0 Å². The zero-order chi connectivity index (χ0) is 17.9. The van der Waals surface area contributed by atoms with Gasteiger partial charge in [-0.1, -0.05) is 0 Å². The van der Waals surface area contributed by atoms with E-state index >= 15 is 0 Å². The lowest BCUT2D eigenvalue weighted by atomic mass is 10.2. The summed E-state index contributed by atoms with van der Waals surface area (Å²) >= 11 is 0. The normalized spacial score (nSPS) is 10.4. The molecule has 0 bridgehead atoms. The lowest BCUT2D eigenvalue weighted by molar-refractivity contribution is -0.135. The van der Waals surface area contributed by atoms with Crippen LogP contribution in [0, 0.1) is 0 Å². The van der Waals surface area contributed by atoms with Crippen LogP contribution in [-0.4, -0.2) is 38.0 Å². The van der Waals surface area contributed by atoms with Crippen molar-refractivity contribution in [1.29, 1.82) is 0 Å². The fourth-order valence-corrected chi connectivity index (χ4v) is 1.43. The van der Waals surface area contributed by atoms with E-state index in [0.717, 1.165) is 24.3 Å². The Morgan fingerprint density at radius 2 is 1.04 bits per heavy atom. The molecule has 2 amide bonds. The van der Waals surface area contributed by atoms with Gasteiger partial charge in [-0.3, -0.25) is 9.59 Å². The molecule has 0 atom stereocenters. The van der Waals surface area contributed by atoms with Crippen LogP contribution >= 0.6 is 0 Å². The molecular weight excluding hydrogens is 316 g/mol. The number of ether oxygens (including phenoxy) is 2. The van der Waals surface area contributed by atoms with Gasteiger partial charge >= 0.3 is 11.9 Å². The summed E-state index contributed by atoms with van der Waals surface area (Å²) in [6, 6.07) is 6.24. The van der Waals surface area contributed by atoms with Gasteiger partial charge in [0.05, 0.1) is 14.2 Å². The molecule has 0 radical (unpaired) electrons. The molecule has 0 aliphatic heterocycles. The Morgan fingerprint density at radius 3 is 1.33 bits per heavy atom. The molecule has 0 unspecified atom stereocenters. The van der Waals surface area contributed by atoms with Crippen molar-refractivity contribution in [3.8, 4) is 0 Å². The summed E-state index contributed by atoms with van der Waals surface area (Å²) in [4.78, 5) is 44.8. The molecule has 0 spiro atoms. The molecular formula is C16H16N2O6. The molecule has 1 rings (SSSR count). The minimum Gasteiger partial charge on any atom is -0.466 e. The Balaban J connectivity index is 2.57. The lowest BCUT2D eigenvalue weighted by Crippen LogP contribution is -2.10. The van der Waals surface area contributed by atoms with Gasteiger partial charge in [-0.05, 0) is 24.3 Å². The monoisotopic (exact) mass is 332 g/mol. The molecule has 0 saturated carbocycles. The first-order valence-electron chi connectivity index (χ1n) is 6.68. The second kappa shape index (κ2) is 9.57. The summed E-state index contributed by atoms with van der Waals surface area (Å²) < 4.78 is 8.73. The Hall–Kier alpha value is -3.42. The summed E-state index contributed by atoms with van der Waals surface area (Å²) in [5, 5.41) is 5.06. The number of anilines is 2. The SMILES string of the molecule is COC(=O)/C=C\C(=O)Nc1ccc(NC(=O)/C=C\C(=O)OC)cc1. The summed E-state index contributed by atoms with van der Waals surface area (Å²) in [6.07, 6.45) is 4.08. The highest BCUT2D eigenvalue weighted by atomic mass is 16.5. The molecule has 0 aliphatic carbocycles. The van der Waals surface area contributed by atoms with Crippen molar-refractivity contribution in [2.24, 2.45) is 0 Å². The number of esters is 2. The third-order valence-electron chi connectivity index (χ3n) is 2.56. The van der Waals surface area contributed by atoms with Crippen LogP contribution < -0.4 is 10.6 Å². The average Bonchev–Trinajstić information content (AvgIpc) is 2.59. The molecule has 0 saturated heterocycles. The van der Waals surface area contributed by atoms with Crippen LogP contribution in [0.4, 0.5) is 11.4 Å². The first-order chi connectivity index (χ1) is 11.4. The second-order valence-electron chi connectivity index (χ2n) is 4.27. The Labute approximate surface area is 138 Å². The summed E-state index contributed by atoms with van der Waals surface area (Å²) in [7, 11) is 2.41. The number of amides is 2. The highest BCUT2D eigenvalue weighted by molar-refractivity contribution is 6.04. The molecule has 24 heavy (non-hydrogen) atoms. The molecule has 0 heterocycles. The van der Waals surface area contributed by atoms with Crippen LogP contribution in [0.1, 0.15) is 0 Å². The van der Waals surface area contributed by atoms with Gasteiger partial charge in [0.2, 0.25) is 11.8 Å². The molecule has 1 aromatic rings. The van der Waals surface area contributed by atoms with Crippen LogP contribution in [0.2, 0.25) is 0 Å². The smallest absolute Gasteiger partial charge is 0.330 e. The molecule has 126 valence electrons. The number of methoxy groups -OCH3 is 2. The van der Waals surface area contributed by atoms with Crippen LogP contribution in [-0.2, 0) is 28.7 Å². The molecule has 8 nitrogen and oxygen atoms in total. The van der Waals surface area contributed by atoms with Crippen LogP contribution in [0.25, 0.3) is 0 Å². The summed E-state index contributed by atoms with van der Waals surface area (Å²) in [5.41, 5.74) is 0.940. The van der Waals surface area contributed by atoms with Crippen molar-refractivity contribution in [3.05, 3.63) is 48.6 Å². The molecule has 0 aromatic heterocycles. The van der Waals surface area contributed by atoms with Crippen molar-refractivity contribution in [3.63, 3.8) is 0 Å². The topological polar surface area (TPSA) is 111 Å². The molecule has 1 aromatic carbocycles. The Bertz CT molecular complexity index is 617. The van der Waals surface area contributed by atoms with Gasteiger partial charge in [-0.25, -0.2) is 9.59 Å². The van der Waals surface area contributed by atoms with Crippen molar-refractivity contribution in [1.82, 2.24) is 0 Å². The van der Waals surface area contributed by atoms with Gasteiger partial charge in [0.25, 0.3) is 0 Å². The third-order valence-corrected chi connectivity index (χ3v) is 2.56. The number of carbonyl (C=O) groups is 4. The predicted octanol–water partition coefficient (Wildman–Crippen LogP) is 1.02. The average molecular weight is 332 g/mol. The maximum atomic E-state index is 11.5. The van der Waals surface area contributed by atoms with Gasteiger partial charge in [0.15, 0.2) is 0 Å². The second-order valence-corrected chi connectivity index (χ2v) is 4.27. The molecule has 0 fully saturated rings. The van der Waals surface area contributed by atoms with Crippen LogP contribution in [0.15, 0.2) is 48.6 Å². The van der Waals surface area contributed by atoms with E-state index in [-0.39, 0.29) is 0 Å². The minimum absolute atomic E-state index is 0.470. The van der Waals surface area contributed by atoms with Gasteiger partial charge in [0.1, 0.15) is 0 Å². The Morgan fingerprint density at radius 1 is 0.708 bits per heavy atom. The quantitative estimate of drug-likeness (QED) is 0.594. The Kier molecular flexibility index (Phi) is 7.43. The van der Waals surface area contributed by atoms with Gasteiger partial charge in [0, 0.05) is 35.7 Å². The fraction of sp³-hybridized carbons (Fsp3) is 0.125. The zero-order valence-corrected chi connectivity index (χ0v) is 13.1. The van der Waals surface area contributed by atoms with E-state index in [2.05, 4.69) is 20.1 Å². The van der Waals surface area contributed by atoms with Crippen molar-refractivity contribution >= 4 is 35.1 Å². The standard InChI is InChI=1S/C16H16N2O6/c1-23-15(21)9-7-13(19)17-11-3-5-12(6-4-11)18-14(20)8-10-16(22)24-2/h3-10H,1-2H3,(H,17,19)(H,18,20)/b9-7-,10-8-. The number of benzene rings is 1. The highest BCUT2D eigenvalue weighted by Gasteiger charge is 2.02. The fourth-order valence-electron chi connectivity index (χ4n) is 1.43. The van der Waals surface area contributed by atoms with E-state index in [1.54, 1.807) is 24.3 Å². The maximum Gasteiger partial charge on any atom is 0.330 e. The van der Waals surface area contributed by atoms with Crippen molar-refractivity contribution < 1.29 is 28.7 Å². The summed E-state index contributed by atoms with van der Waals surface area (Å²) in [6.45, 7) is 0. The van der Waals surface area contributed by atoms with Crippen molar-refractivity contribution in [2.75, 3.05) is 24.9 Å². The van der Waals surface area contributed by atoms with Crippen LogP contribution in [0.3, 0.4) is 0 Å². The third kappa shape index (κ3) is 7.03. The lowest BCUT2D eigenvalue weighted by Gasteiger charge is -2.05. The first kappa shape index (κ1) is 18.6. The molecule has 0 aliphatic rings. The number of carbonyl (C=O) groups excluding carboxylic acids is 4. The predicted molar refractivity (Wildman–Crippen MR) is 86.0 cm³/mol. The molecule has 2 N–H and O–H groups in total. The molecule has 8 heteroatoms. The zero-order valence-electron chi connectivity index (χ0n) is 13.1. The number of hydrogen-bond acceptors (Lipinski definition) is 6.